The van der Waals surface area contributed by atoms with E-state index in [0.29, 0.717) is 0 Å². The van der Waals surface area contributed by atoms with Gasteiger partial charge < -0.3 is 4.57 Å². The van der Waals surface area contributed by atoms with Crippen molar-refractivity contribution in [3.8, 4) is 0 Å². The fourth-order valence-electron chi connectivity index (χ4n) is 2.45. The van der Waals surface area contributed by atoms with Crippen LogP contribution in [0.15, 0.2) is 36.5 Å². The molecule has 102 valence electrons. The highest BCUT2D eigenvalue weighted by Crippen LogP contribution is 2.10. The molecule has 0 aliphatic carbocycles. The molecule has 0 bridgehead atoms. The molecule has 1 aromatic carbocycles. The second kappa shape index (κ2) is 7.13. The van der Waals surface area contributed by atoms with Gasteiger partial charge in [0.15, 0.2) is 0 Å². The highest BCUT2D eigenvalue weighted by atomic mass is 15.1. The third-order valence-electron chi connectivity index (χ3n) is 3.46. The smallest absolute Gasteiger partial charge is 0.108 e. The molecule has 2 rings (SSSR count). The Hall–Kier alpha value is -1.57. The maximum atomic E-state index is 4.76. The molecule has 0 saturated heterocycles. The lowest BCUT2D eigenvalue weighted by atomic mass is 10.1. The number of hydrogen-bond acceptors (Lipinski definition) is 1. The van der Waals surface area contributed by atoms with Crippen LogP contribution in [0.5, 0.6) is 0 Å². The van der Waals surface area contributed by atoms with Crippen LogP contribution < -0.4 is 0 Å². The summed E-state index contributed by atoms with van der Waals surface area (Å²) < 4.78 is 2.29. The highest BCUT2D eigenvalue weighted by molar-refractivity contribution is 5.15. The Morgan fingerprint density at radius 1 is 1.00 bits per heavy atom. The molecular weight excluding hydrogens is 232 g/mol. The van der Waals surface area contributed by atoms with E-state index in [1.165, 1.54) is 29.9 Å². The summed E-state index contributed by atoms with van der Waals surface area (Å²) in [5.74, 6) is 1.25. The summed E-state index contributed by atoms with van der Waals surface area (Å²) in [6.07, 6.45) is 7.89. The fourth-order valence-corrected chi connectivity index (χ4v) is 2.45. The number of benzene rings is 1. The summed E-state index contributed by atoms with van der Waals surface area (Å²) in [6, 6.07) is 10.7. The molecule has 1 heterocycles. The maximum Gasteiger partial charge on any atom is 0.108 e. The molecule has 0 N–H and O–H groups in total. The Balaban J connectivity index is 1.89. The fraction of sp³-hybridized carbons (Fsp3) is 0.471. The highest BCUT2D eigenvalue weighted by Gasteiger charge is 2.05. The van der Waals surface area contributed by atoms with Gasteiger partial charge in [-0.15, -0.1) is 0 Å². The van der Waals surface area contributed by atoms with E-state index < -0.39 is 0 Å². The summed E-state index contributed by atoms with van der Waals surface area (Å²) in [4.78, 5) is 4.76. The first kappa shape index (κ1) is 13.9. The predicted octanol–water partition coefficient (Wildman–Crippen LogP) is 4.03. The Morgan fingerprint density at radius 3 is 2.47 bits per heavy atom. The molecule has 2 nitrogen and oxygen atoms in total. The third kappa shape index (κ3) is 3.95. The van der Waals surface area contributed by atoms with Gasteiger partial charge in [-0.3, -0.25) is 0 Å². The molecule has 0 radical (unpaired) electrons. The molecule has 0 spiro atoms. The number of imidazole rings is 1. The van der Waals surface area contributed by atoms with Gasteiger partial charge in [0.1, 0.15) is 5.82 Å². The molecule has 19 heavy (non-hydrogen) atoms. The lowest BCUT2D eigenvalue weighted by Crippen LogP contribution is -1.99. The quantitative estimate of drug-likeness (QED) is 0.731. The SMILES string of the molecule is CCCc1nc(CCCc2ccccc2)cn1CC. The van der Waals surface area contributed by atoms with Crippen molar-refractivity contribution in [3.63, 3.8) is 0 Å². The van der Waals surface area contributed by atoms with Gasteiger partial charge in [-0.25, -0.2) is 4.98 Å². The van der Waals surface area contributed by atoms with Crippen molar-refractivity contribution in [1.29, 1.82) is 0 Å². The summed E-state index contributed by atoms with van der Waals surface area (Å²) in [5.41, 5.74) is 2.67. The van der Waals surface area contributed by atoms with Gasteiger partial charge in [0, 0.05) is 19.2 Å². The molecule has 2 heteroatoms. The monoisotopic (exact) mass is 256 g/mol. The van der Waals surface area contributed by atoms with Crippen LogP contribution in [0.25, 0.3) is 0 Å². The van der Waals surface area contributed by atoms with E-state index in [1.54, 1.807) is 0 Å². The van der Waals surface area contributed by atoms with Crippen LogP contribution in [-0.2, 0) is 25.8 Å². The average Bonchev–Trinajstić information content (AvgIpc) is 2.83. The van der Waals surface area contributed by atoms with Crippen LogP contribution in [0.2, 0.25) is 0 Å². The topological polar surface area (TPSA) is 17.8 Å². The second-order valence-electron chi connectivity index (χ2n) is 5.02. The maximum absolute atomic E-state index is 4.76. The van der Waals surface area contributed by atoms with Gasteiger partial charge >= 0.3 is 0 Å². The Kier molecular flexibility index (Phi) is 5.20. The van der Waals surface area contributed by atoms with Gasteiger partial charge in [-0.2, -0.15) is 0 Å². The summed E-state index contributed by atoms with van der Waals surface area (Å²) >= 11 is 0. The zero-order chi connectivity index (χ0) is 13.5. The number of aryl methyl sites for hydroxylation is 4. The first-order valence-electron chi connectivity index (χ1n) is 7.42. The number of nitrogens with zero attached hydrogens (tertiary/aromatic N) is 2. The van der Waals surface area contributed by atoms with E-state index >= 15 is 0 Å². The molecule has 1 aromatic heterocycles. The van der Waals surface area contributed by atoms with Crippen LogP contribution >= 0.6 is 0 Å². The van der Waals surface area contributed by atoms with Crippen LogP contribution in [0.1, 0.15) is 43.8 Å². The van der Waals surface area contributed by atoms with Crippen LogP contribution in [-0.4, -0.2) is 9.55 Å². The minimum absolute atomic E-state index is 1.03. The third-order valence-corrected chi connectivity index (χ3v) is 3.46. The zero-order valence-corrected chi connectivity index (χ0v) is 12.1. The summed E-state index contributed by atoms with van der Waals surface area (Å²) in [7, 11) is 0. The van der Waals surface area contributed by atoms with E-state index in [0.717, 1.165) is 25.8 Å². The molecule has 0 fully saturated rings. The number of hydrogen-bond donors (Lipinski definition) is 0. The van der Waals surface area contributed by atoms with Crippen molar-refractivity contribution in [1.82, 2.24) is 9.55 Å². The van der Waals surface area contributed by atoms with E-state index in [9.17, 15) is 0 Å². The van der Waals surface area contributed by atoms with E-state index in [2.05, 4.69) is 54.9 Å². The van der Waals surface area contributed by atoms with Crippen LogP contribution in [0, 0.1) is 0 Å². The molecule has 0 aliphatic rings. The lowest BCUT2D eigenvalue weighted by Gasteiger charge is -2.00. The minimum atomic E-state index is 1.03. The number of aromatic nitrogens is 2. The molecular formula is C17H24N2. The van der Waals surface area contributed by atoms with Gasteiger partial charge in [0.25, 0.3) is 0 Å². The van der Waals surface area contributed by atoms with Gasteiger partial charge in [-0.05, 0) is 38.2 Å². The first-order chi connectivity index (χ1) is 9.33. The van der Waals surface area contributed by atoms with Crippen molar-refractivity contribution in [3.05, 3.63) is 53.6 Å². The van der Waals surface area contributed by atoms with Crippen LogP contribution in [0.4, 0.5) is 0 Å². The van der Waals surface area contributed by atoms with Crippen molar-refractivity contribution in [2.24, 2.45) is 0 Å². The zero-order valence-electron chi connectivity index (χ0n) is 12.1. The van der Waals surface area contributed by atoms with Crippen molar-refractivity contribution in [2.75, 3.05) is 0 Å². The lowest BCUT2D eigenvalue weighted by molar-refractivity contribution is 0.683. The summed E-state index contributed by atoms with van der Waals surface area (Å²) in [6.45, 7) is 5.43. The van der Waals surface area contributed by atoms with Gasteiger partial charge in [-0.1, -0.05) is 37.3 Å². The predicted molar refractivity (Wildman–Crippen MR) is 80.4 cm³/mol. The molecule has 0 unspecified atom stereocenters. The molecule has 0 atom stereocenters. The average molecular weight is 256 g/mol. The Bertz CT molecular complexity index is 485. The second-order valence-corrected chi connectivity index (χ2v) is 5.02. The molecule has 2 aromatic rings. The van der Waals surface area contributed by atoms with Gasteiger partial charge in [0.2, 0.25) is 0 Å². The largest absolute Gasteiger partial charge is 0.335 e. The number of rotatable bonds is 7. The molecule has 0 aliphatic heterocycles. The van der Waals surface area contributed by atoms with Crippen molar-refractivity contribution < 1.29 is 0 Å². The van der Waals surface area contributed by atoms with Crippen LogP contribution in [0.3, 0.4) is 0 Å². The normalized spacial score (nSPS) is 10.8. The summed E-state index contributed by atoms with van der Waals surface area (Å²) in [5, 5.41) is 0. The molecule has 0 amide bonds. The standard InChI is InChI=1S/C17H24N2/c1-3-9-17-18-16(14-19(17)4-2)13-8-12-15-10-6-5-7-11-15/h5-7,10-11,14H,3-4,8-9,12-13H2,1-2H3. The van der Waals surface area contributed by atoms with E-state index in [4.69, 9.17) is 4.98 Å². The van der Waals surface area contributed by atoms with Gasteiger partial charge in [0.05, 0.1) is 5.69 Å². The Morgan fingerprint density at radius 2 is 1.79 bits per heavy atom. The van der Waals surface area contributed by atoms with Crippen molar-refractivity contribution >= 4 is 0 Å². The Labute approximate surface area is 116 Å². The molecule has 0 saturated carbocycles. The minimum Gasteiger partial charge on any atom is -0.335 e. The van der Waals surface area contributed by atoms with Crippen molar-refractivity contribution in [2.45, 2.75) is 52.5 Å². The first-order valence-corrected chi connectivity index (χ1v) is 7.42. The van der Waals surface area contributed by atoms with E-state index in [-0.39, 0.29) is 0 Å². The van der Waals surface area contributed by atoms with E-state index in [1.807, 2.05) is 0 Å².